The molecule has 0 atom stereocenters. The van der Waals surface area contributed by atoms with Gasteiger partial charge in [-0.15, -0.1) is 0 Å². The number of nitrogens with zero attached hydrogens (tertiary/aromatic N) is 4. The van der Waals surface area contributed by atoms with E-state index >= 15 is 13.2 Å². The van der Waals surface area contributed by atoms with Gasteiger partial charge in [-0.05, 0) is 233 Å². The van der Waals surface area contributed by atoms with Crippen molar-refractivity contribution >= 4 is 117 Å². The molecule has 0 saturated heterocycles. The van der Waals surface area contributed by atoms with Crippen LogP contribution in [0.3, 0.4) is 0 Å². The molecule has 0 fully saturated rings. The molecule has 8 rings (SSSR count). The number of hydrogen-bond acceptors (Lipinski definition) is 28. The van der Waals surface area contributed by atoms with Crippen molar-refractivity contribution in [3.8, 4) is 24.3 Å². The third-order valence-electron chi connectivity index (χ3n) is 21.4. The molecule has 0 aliphatic rings. The number of aliphatic carboxylic acids is 1. The van der Waals surface area contributed by atoms with Crippen LogP contribution in [0.15, 0.2) is 137 Å². The number of carboxylic acid groups (broad SMARTS) is 3. The van der Waals surface area contributed by atoms with Gasteiger partial charge in [0.15, 0.2) is 46.9 Å². The molecule has 142 heavy (non-hydrogen) atoms. The van der Waals surface area contributed by atoms with E-state index in [9.17, 15) is 123 Å². The maximum atomic E-state index is 15.1. The molecule has 0 heterocycles. The van der Waals surface area contributed by atoms with Gasteiger partial charge < -0.3 is 20.1 Å². The molecule has 8 N–H and O–H groups in total. The third kappa shape index (κ3) is 31.6. The SMILES string of the molecule is CC(C)c1cc(C#N)c(F)c(C(C)C)c1CC(=O)O.CNS(=O)(=O)c1ccc(S(=O)(=O)CC(=O)Cc2c(C(C)C)cc(C#N)c(F)c2C(C)C)c(C(=O)O)c1.CNS(=O)(=O)c1ccc(S(=O)(=O)CC(=O)Cc2c(C(C)C)cc(C#N)c(F)c2C(C)C)c(C(=O)O)c1.CNS(=O)(=O)c1ccc(S(=O)(=O)CC(=O)Cc2c(C(C)C)cc(C#N)c(F)c2C(C)C)c(C(=O)OC)c1.Cc1ccccc1S(N)(=O)=O.O=C=O. The predicted molar refractivity (Wildman–Crippen MR) is 512 cm³/mol. The highest BCUT2D eigenvalue weighted by Gasteiger charge is 2.36. The number of aromatic carboxylic acids is 2. The van der Waals surface area contributed by atoms with Crippen molar-refractivity contribution in [2.75, 3.05) is 45.5 Å². The van der Waals surface area contributed by atoms with E-state index < -0.39 is 230 Å². The number of sulfone groups is 3. The number of halogens is 4. The number of esters is 1. The Morgan fingerprint density at radius 2 is 0.599 bits per heavy atom. The van der Waals surface area contributed by atoms with Gasteiger partial charge in [0.05, 0.1) is 86.7 Å². The fraction of sp³-hybridized carbons (Fsp3) is 0.375. The van der Waals surface area contributed by atoms with Crippen LogP contribution in [0.5, 0.6) is 0 Å². The first-order chi connectivity index (χ1) is 65.5. The van der Waals surface area contributed by atoms with Crippen LogP contribution in [-0.4, -0.2) is 167 Å². The van der Waals surface area contributed by atoms with Crippen LogP contribution in [0.25, 0.3) is 0 Å². The van der Waals surface area contributed by atoms with Gasteiger partial charge in [-0.1, -0.05) is 129 Å². The lowest BCUT2D eigenvalue weighted by molar-refractivity contribution is -0.192. The summed E-state index contributed by atoms with van der Waals surface area (Å²) in [6, 6.07) is 27.2. The zero-order valence-corrected chi connectivity index (χ0v) is 87.0. The van der Waals surface area contributed by atoms with Gasteiger partial charge in [-0.2, -0.15) is 30.6 Å². The summed E-state index contributed by atoms with van der Waals surface area (Å²) in [5.74, 6) is -15.8. The second kappa shape index (κ2) is 51.8. The minimum atomic E-state index is -4.51. The zero-order chi connectivity index (χ0) is 109. The molecule has 0 spiro atoms. The first kappa shape index (κ1) is 123. The van der Waals surface area contributed by atoms with E-state index in [0.29, 0.717) is 62.2 Å². The van der Waals surface area contributed by atoms with Crippen LogP contribution in [-0.2, 0) is 129 Å². The zero-order valence-electron chi connectivity index (χ0n) is 81.3. The second-order valence-corrected chi connectivity index (χ2v) is 47.2. The number of nitrogens with two attached hydrogens (primary N) is 1. The standard InChI is InChI=1S/C25H29FN2O7S2.2C24H27FN2O7S2.C15H18FNO2.C7H9NO2S.CO2/c1-14(2)19-9-16(12-27)24(26)23(15(3)4)20(19)10-17(29)13-36(31,32)22-8-7-18(37(33,34)28-5)11-21(22)25(30)35-6;2*1-13(2)18-8-15(11-26)23(25)22(14(3)4)19(18)9-16(28)12-35(31,32)21-7-6-17(36(33,34)27-5)10-20(21)24(29)30;1-8(2)11-5-10(7-17)15(16)14(9(3)4)12(11)6-13(18)19;1-6-4-2-3-5-7(6)11(8,9)10;2-1-3/h7-9,11,14-15,28H,10,13H2,1-6H3;2*6-8,10,13-14,27H,9,12H2,1-5H3,(H,29,30);5,8-9H,6H2,1-4H3,(H,18,19);2-5H,1H3,(H2,8,9,10);. The van der Waals surface area contributed by atoms with Crippen molar-refractivity contribution in [1.82, 2.24) is 14.2 Å². The predicted octanol–water partition coefficient (Wildman–Crippen LogP) is 13.1. The Balaban J connectivity index is 0.000000473. The van der Waals surface area contributed by atoms with Crippen LogP contribution in [0, 0.1) is 75.5 Å². The summed E-state index contributed by atoms with van der Waals surface area (Å²) < 4.78 is 243. The molecule has 0 unspecified atom stereocenters. The third-order valence-corrected chi connectivity index (χ3v) is 31.9. The monoisotopic (exact) mass is 2110 g/mol. The molecule has 46 heteroatoms. The van der Waals surface area contributed by atoms with Gasteiger partial charge in [-0.25, -0.2) is 110 Å². The van der Waals surface area contributed by atoms with E-state index in [1.165, 1.54) is 30.3 Å². The number of ether oxygens (including phenoxy) is 1. The summed E-state index contributed by atoms with van der Waals surface area (Å²) in [6.45, 7) is 30.1. The van der Waals surface area contributed by atoms with Gasteiger partial charge >= 0.3 is 30.0 Å². The molecule has 35 nitrogen and oxygen atoms in total. The Hall–Kier alpha value is -12.8. The normalized spacial score (nSPS) is 11.6. The molecule has 0 saturated carbocycles. The van der Waals surface area contributed by atoms with E-state index in [-0.39, 0.29) is 90.9 Å². The molecule has 0 aliphatic carbocycles. The fourth-order valence-electron chi connectivity index (χ4n) is 15.0. The quantitative estimate of drug-likeness (QED) is 0.0143. The van der Waals surface area contributed by atoms with Gasteiger partial charge in [-0.3, -0.25) is 19.2 Å². The van der Waals surface area contributed by atoms with Crippen molar-refractivity contribution in [1.29, 1.82) is 21.0 Å². The maximum Gasteiger partial charge on any atom is 0.373 e. The van der Waals surface area contributed by atoms with E-state index in [0.717, 1.165) is 76.3 Å². The van der Waals surface area contributed by atoms with Crippen molar-refractivity contribution in [3.63, 3.8) is 0 Å². The molecule has 0 aliphatic heterocycles. The van der Waals surface area contributed by atoms with Crippen LogP contribution in [0.2, 0.25) is 0 Å². The summed E-state index contributed by atoms with van der Waals surface area (Å²) in [5.41, 5.74) is 2.65. The number of methoxy groups -OCH3 is 1. The van der Waals surface area contributed by atoms with Crippen molar-refractivity contribution < 1.29 is 140 Å². The number of sulfonamides is 4. The number of carboxylic acids is 3. The second-order valence-electron chi connectivity index (χ2n) is 34.1. The minimum absolute atomic E-state index is 0.0125. The molecule has 8 aromatic rings. The Morgan fingerprint density at radius 1 is 0.366 bits per heavy atom. The molecule has 0 amide bonds. The molecular weight excluding hydrogens is 2000 g/mol. The van der Waals surface area contributed by atoms with Crippen LogP contribution >= 0.6 is 0 Å². The maximum absolute atomic E-state index is 15.1. The lowest BCUT2D eigenvalue weighted by Gasteiger charge is -2.21. The largest absolute Gasteiger partial charge is 0.481 e. The Labute approximate surface area is 823 Å². The van der Waals surface area contributed by atoms with Crippen molar-refractivity contribution in [2.24, 2.45) is 5.14 Å². The highest BCUT2D eigenvalue weighted by atomic mass is 32.2. The Bertz CT molecular complexity index is 7090. The number of ketones is 3. The fourth-order valence-corrected chi connectivity index (χ4v) is 22.3. The lowest BCUT2D eigenvalue weighted by Crippen LogP contribution is -2.23. The smallest absolute Gasteiger partial charge is 0.373 e. The van der Waals surface area contributed by atoms with Gasteiger partial charge in [0.25, 0.3) is 0 Å². The average Bonchev–Trinajstić information content (AvgIpc) is 0.778. The number of benzene rings is 8. The van der Waals surface area contributed by atoms with Gasteiger partial charge in [0.1, 0.15) is 64.8 Å². The van der Waals surface area contributed by atoms with Crippen LogP contribution < -0.4 is 19.3 Å². The highest BCUT2D eigenvalue weighted by molar-refractivity contribution is 7.93. The molecule has 0 radical (unpaired) electrons. The summed E-state index contributed by atoms with van der Waals surface area (Å²) in [5, 5.41) is 69.9. The number of primary sulfonamides is 1. The number of carbonyl (C=O) groups excluding carboxylic acids is 6. The topological polar surface area (TPSA) is 620 Å². The average molecular weight is 2110 g/mol. The Kier molecular flexibility index (Phi) is 45.0. The van der Waals surface area contributed by atoms with E-state index in [1.807, 2.05) is 49.3 Å². The number of carbonyl (C=O) groups is 7. The first-order valence-electron chi connectivity index (χ1n) is 42.8. The van der Waals surface area contributed by atoms with E-state index in [1.54, 1.807) is 120 Å². The molecule has 8 aromatic carbocycles. The number of hydrogen-bond donors (Lipinski definition) is 7. The number of nitriles is 4. The van der Waals surface area contributed by atoms with E-state index in [4.69, 9.17) is 25.1 Å². The van der Waals surface area contributed by atoms with Crippen LogP contribution in [0.4, 0.5) is 17.6 Å². The molecule has 0 bridgehead atoms. The summed E-state index contributed by atoms with van der Waals surface area (Å²) >= 11 is 0. The number of nitrogens with one attached hydrogen (secondary N) is 3. The minimum Gasteiger partial charge on any atom is -0.481 e. The highest BCUT2D eigenvalue weighted by Crippen LogP contribution is 2.39. The summed E-state index contributed by atoms with van der Waals surface area (Å²) in [6.07, 6.45) is -1.28. The van der Waals surface area contributed by atoms with E-state index in [2.05, 4.69) is 9.46 Å². The number of aryl methyl sites for hydroxylation is 1. The van der Waals surface area contributed by atoms with Gasteiger partial charge in [0, 0.05) is 19.3 Å². The first-order valence-corrected chi connectivity index (χ1v) is 53.7. The molecular formula is C96H110F4N8O27S7. The summed E-state index contributed by atoms with van der Waals surface area (Å²) in [4.78, 5) is 98.9. The van der Waals surface area contributed by atoms with Crippen molar-refractivity contribution in [3.05, 3.63) is 238 Å². The number of Topliss-reactive ketones (excluding diaryl/α,β-unsaturated/α-hetero) is 3. The Morgan fingerprint density at radius 3 is 0.789 bits per heavy atom. The molecule has 0 aromatic heterocycles. The van der Waals surface area contributed by atoms with Gasteiger partial charge in [0.2, 0.25) is 40.1 Å². The van der Waals surface area contributed by atoms with Crippen molar-refractivity contribution in [2.45, 2.75) is 225 Å². The number of rotatable bonds is 35. The summed E-state index contributed by atoms with van der Waals surface area (Å²) in [7, 11) is -24.7. The molecule has 766 valence electrons. The van der Waals surface area contributed by atoms with Crippen LogP contribution in [0.1, 0.15) is 284 Å². The lowest BCUT2D eigenvalue weighted by atomic mass is 9.84.